The van der Waals surface area contributed by atoms with Crippen LogP contribution >= 0.6 is 0 Å². The van der Waals surface area contributed by atoms with Crippen LogP contribution in [0, 0.1) is 0 Å². The Morgan fingerprint density at radius 3 is 2.67 bits per heavy atom. The van der Waals surface area contributed by atoms with Crippen LogP contribution in [-0.4, -0.2) is 44.7 Å². The number of carbonyl (C=O) groups excluding carboxylic acids is 1. The van der Waals surface area contributed by atoms with Crippen LogP contribution in [0.5, 0.6) is 0 Å². The number of nitrogens with zero attached hydrogens (tertiary/aromatic N) is 7. The maximum atomic E-state index is 13.3. The van der Waals surface area contributed by atoms with E-state index < -0.39 is 5.54 Å². The van der Waals surface area contributed by atoms with Gasteiger partial charge in [-0.25, -0.2) is 9.97 Å². The second-order valence-corrected chi connectivity index (χ2v) is 8.18. The van der Waals surface area contributed by atoms with Crippen LogP contribution < -0.4 is 15.5 Å². The van der Waals surface area contributed by atoms with Gasteiger partial charge in [0.2, 0.25) is 0 Å². The number of pyridine rings is 2. The Bertz CT molecular complexity index is 1110. The number of hydrogen-bond donors (Lipinski definition) is 1. The average molecular weight is 406 g/mol. The molecular weight excluding hydrogens is 380 g/mol. The van der Waals surface area contributed by atoms with Gasteiger partial charge in [-0.3, -0.25) is 9.69 Å². The highest BCUT2D eigenvalue weighted by Crippen LogP contribution is 2.35. The summed E-state index contributed by atoms with van der Waals surface area (Å²) in [5.41, 5.74) is 8.58. The lowest BCUT2D eigenvalue weighted by molar-refractivity contribution is 0.0996. The SMILES string of the molecule is CCn1cnnc1-c1cccc(N2Cc3c(cc(N(C)C)nc3C(C)(C)N)C2=O)n1. The molecule has 1 amide bonds. The topological polar surface area (TPSA) is 106 Å². The number of rotatable bonds is 5. The van der Waals surface area contributed by atoms with Crippen molar-refractivity contribution >= 4 is 17.5 Å². The first-order valence-electron chi connectivity index (χ1n) is 9.88. The molecule has 0 saturated heterocycles. The lowest BCUT2D eigenvalue weighted by Crippen LogP contribution is -2.32. The molecule has 2 N–H and O–H groups in total. The number of amides is 1. The Kier molecular flexibility index (Phi) is 4.77. The second kappa shape index (κ2) is 7.17. The summed E-state index contributed by atoms with van der Waals surface area (Å²) in [4.78, 5) is 26.3. The highest BCUT2D eigenvalue weighted by Gasteiger charge is 2.36. The van der Waals surface area contributed by atoms with Gasteiger partial charge in [0.15, 0.2) is 5.82 Å². The Morgan fingerprint density at radius 2 is 2.00 bits per heavy atom. The van der Waals surface area contributed by atoms with Crippen molar-refractivity contribution in [2.45, 2.75) is 39.4 Å². The van der Waals surface area contributed by atoms with Gasteiger partial charge in [0.1, 0.15) is 23.7 Å². The number of hydrogen-bond acceptors (Lipinski definition) is 7. The highest BCUT2D eigenvalue weighted by atomic mass is 16.2. The summed E-state index contributed by atoms with van der Waals surface area (Å²) >= 11 is 0. The molecule has 9 nitrogen and oxygen atoms in total. The molecule has 4 rings (SSSR count). The van der Waals surface area contributed by atoms with Crippen molar-refractivity contribution in [1.29, 1.82) is 0 Å². The summed E-state index contributed by atoms with van der Waals surface area (Å²) in [5.74, 6) is 1.83. The predicted molar refractivity (Wildman–Crippen MR) is 115 cm³/mol. The minimum atomic E-state index is -0.681. The summed E-state index contributed by atoms with van der Waals surface area (Å²) in [7, 11) is 3.79. The number of aromatic nitrogens is 5. The zero-order valence-corrected chi connectivity index (χ0v) is 17.9. The lowest BCUT2D eigenvalue weighted by Gasteiger charge is -2.23. The molecule has 3 aromatic rings. The first-order chi connectivity index (χ1) is 14.2. The monoisotopic (exact) mass is 406 g/mol. The van der Waals surface area contributed by atoms with E-state index in [0.717, 1.165) is 17.8 Å². The summed E-state index contributed by atoms with van der Waals surface area (Å²) < 4.78 is 1.91. The molecule has 0 atom stereocenters. The van der Waals surface area contributed by atoms with Gasteiger partial charge in [-0.2, -0.15) is 0 Å². The van der Waals surface area contributed by atoms with Crippen LogP contribution in [0.4, 0.5) is 11.6 Å². The van der Waals surface area contributed by atoms with E-state index in [1.54, 1.807) is 11.2 Å². The van der Waals surface area contributed by atoms with Crippen LogP contribution in [0.25, 0.3) is 11.5 Å². The van der Waals surface area contributed by atoms with E-state index in [4.69, 9.17) is 15.7 Å². The van der Waals surface area contributed by atoms with E-state index in [-0.39, 0.29) is 5.91 Å². The summed E-state index contributed by atoms with van der Waals surface area (Å²) in [6, 6.07) is 7.39. The van der Waals surface area contributed by atoms with E-state index in [1.165, 1.54) is 0 Å². The van der Waals surface area contributed by atoms with Crippen molar-refractivity contribution in [2.24, 2.45) is 5.73 Å². The molecule has 3 aromatic heterocycles. The molecule has 0 aromatic carbocycles. The van der Waals surface area contributed by atoms with Crippen molar-refractivity contribution in [3.8, 4) is 11.5 Å². The Labute approximate surface area is 175 Å². The smallest absolute Gasteiger partial charge is 0.260 e. The first-order valence-corrected chi connectivity index (χ1v) is 9.88. The fourth-order valence-corrected chi connectivity index (χ4v) is 3.61. The fourth-order valence-electron chi connectivity index (χ4n) is 3.61. The Hall–Kier alpha value is -3.33. The van der Waals surface area contributed by atoms with Crippen molar-refractivity contribution in [3.63, 3.8) is 0 Å². The Balaban J connectivity index is 1.77. The maximum Gasteiger partial charge on any atom is 0.260 e. The summed E-state index contributed by atoms with van der Waals surface area (Å²) in [6.45, 7) is 6.93. The van der Waals surface area contributed by atoms with Gasteiger partial charge in [-0.15, -0.1) is 10.2 Å². The molecule has 0 fully saturated rings. The molecule has 156 valence electrons. The van der Waals surface area contributed by atoms with Crippen LogP contribution in [0.15, 0.2) is 30.6 Å². The van der Waals surface area contributed by atoms with Crippen molar-refractivity contribution in [2.75, 3.05) is 23.9 Å². The minimum absolute atomic E-state index is 0.109. The molecular formula is C21H26N8O. The molecule has 0 bridgehead atoms. The van der Waals surface area contributed by atoms with Crippen LogP contribution in [0.3, 0.4) is 0 Å². The van der Waals surface area contributed by atoms with Crippen LogP contribution in [-0.2, 0) is 18.6 Å². The normalized spacial score (nSPS) is 13.7. The first kappa shape index (κ1) is 20.0. The van der Waals surface area contributed by atoms with Crippen LogP contribution in [0.1, 0.15) is 42.4 Å². The van der Waals surface area contributed by atoms with Gasteiger partial charge in [-0.1, -0.05) is 6.07 Å². The van der Waals surface area contributed by atoms with E-state index in [1.807, 2.05) is 68.6 Å². The van der Waals surface area contributed by atoms with Crippen molar-refractivity contribution in [3.05, 3.63) is 47.4 Å². The lowest BCUT2D eigenvalue weighted by atomic mass is 9.94. The van der Waals surface area contributed by atoms with Gasteiger partial charge in [0, 0.05) is 26.2 Å². The maximum absolute atomic E-state index is 13.3. The number of nitrogens with two attached hydrogens (primary N) is 1. The molecule has 1 aliphatic heterocycles. The molecule has 0 spiro atoms. The van der Waals surface area contributed by atoms with Gasteiger partial charge >= 0.3 is 0 Å². The number of anilines is 2. The number of fused-ring (bicyclic) bond motifs is 1. The zero-order chi connectivity index (χ0) is 21.6. The van der Waals surface area contributed by atoms with E-state index in [9.17, 15) is 4.79 Å². The molecule has 0 saturated carbocycles. The summed E-state index contributed by atoms with van der Waals surface area (Å²) in [6.07, 6.45) is 1.67. The average Bonchev–Trinajstić information content (AvgIpc) is 3.31. The number of aryl methyl sites for hydroxylation is 1. The summed E-state index contributed by atoms with van der Waals surface area (Å²) in [5, 5.41) is 8.15. The fraction of sp³-hybridized carbons (Fsp3) is 0.381. The van der Waals surface area contributed by atoms with E-state index in [2.05, 4.69) is 10.2 Å². The van der Waals surface area contributed by atoms with E-state index >= 15 is 0 Å². The molecule has 0 unspecified atom stereocenters. The van der Waals surface area contributed by atoms with Gasteiger partial charge < -0.3 is 15.2 Å². The molecule has 0 aliphatic carbocycles. The molecule has 30 heavy (non-hydrogen) atoms. The minimum Gasteiger partial charge on any atom is -0.363 e. The third-order valence-corrected chi connectivity index (χ3v) is 5.17. The third-order valence-electron chi connectivity index (χ3n) is 5.17. The quantitative estimate of drug-likeness (QED) is 0.692. The van der Waals surface area contributed by atoms with Crippen molar-refractivity contribution < 1.29 is 4.79 Å². The molecule has 4 heterocycles. The Morgan fingerprint density at radius 1 is 1.23 bits per heavy atom. The standard InChI is InChI=1S/C21H26N8O/c1-6-28-12-23-26-19(28)15-8-7-9-16(24-15)29-11-14-13(20(29)30)10-17(27(4)5)25-18(14)21(2,3)22/h7-10,12H,6,11,22H2,1-5H3. The van der Waals surface area contributed by atoms with E-state index in [0.29, 0.717) is 35.3 Å². The molecule has 1 aliphatic rings. The largest absolute Gasteiger partial charge is 0.363 e. The molecule has 9 heteroatoms. The highest BCUT2D eigenvalue weighted by molar-refractivity contribution is 6.10. The number of carbonyl (C=O) groups is 1. The molecule has 0 radical (unpaired) electrons. The van der Waals surface area contributed by atoms with Crippen LogP contribution in [0.2, 0.25) is 0 Å². The predicted octanol–water partition coefficient (Wildman–Crippen LogP) is 2.18. The van der Waals surface area contributed by atoms with Gasteiger partial charge in [0.25, 0.3) is 5.91 Å². The van der Waals surface area contributed by atoms with Crippen molar-refractivity contribution in [1.82, 2.24) is 24.7 Å². The van der Waals surface area contributed by atoms with Gasteiger partial charge in [0.05, 0.1) is 23.3 Å². The van der Waals surface area contributed by atoms with Gasteiger partial charge in [-0.05, 0) is 39.0 Å². The zero-order valence-electron chi connectivity index (χ0n) is 17.9. The second-order valence-electron chi connectivity index (χ2n) is 8.18. The third kappa shape index (κ3) is 3.30.